The van der Waals surface area contributed by atoms with Crippen molar-refractivity contribution in [1.29, 1.82) is 0 Å². The van der Waals surface area contributed by atoms with E-state index in [1.54, 1.807) is 0 Å². The number of benzene rings is 2. The number of halogens is 4. The molecule has 3 aliphatic heterocycles. The first kappa shape index (κ1) is 25.3. The van der Waals surface area contributed by atoms with E-state index in [0.717, 1.165) is 55.1 Å². The fourth-order valence-electron chi connectivity index (χ4n) is 5.47. The summed E-state index contributed by atoms with van der Waals surface area (Å²) in [6.45, 7) is 4.89. The van der Waals surface area contributed by atoms with Crippen LogP contribution in [-0.2, 0) is 11.2 Å². The van der Waals surface area contributed by atoms with E-state index in [0.29, 0.717) is 38.5 Å². The molecule has 0 radical (unpaired) electrons. The third-order valence-electron chi connectivity index (χ3n) is 7.34. The zero-order valence-electron chi connectivity index (χ0n) is 20.4. The average Bonchev–Trinajstić information content (AvgIpc) is 2.85. The first-order chi connectivity index (χ1) is 17.4. The molecule has 1 atom stereocenters. The van der Waals surface area contributed by atoms with E-state index in [2.05, 4.69) is 15.9 Å². The Morgan fingerprint density at radius 1 is 0.972 bits per heavy atom. The molecule has 36 heavy (non-hydrogen) atoms. The second-order valence-corrected chi connectivity index (χ2v) is 9.92. The van der Waals surface area contributed by atoms with Crippen LogP contribution in [0.25, 0.3) is 0 Å². The molecule has 0 N–H and O–H groups in total. The molecule has 5 nitrogen and oxygen atoms in total. The van der Waals surface area contributed by atoms with Crippen LogP contribution in [0.5, 0.6) is 5.75 Å². The number of rotatable bonds is 8. The number of anilines is 1. The topological polar surface area (TPSA) is 28.2 Å². The average molecular weight is 508 g/mol. The van der Waals surface area contributed by atoms with Crippen molar-refractivity contribution in [2.45, 2.75) is 18.6 Å². The number of hydrogen-bond acceptors (Lipinski definition) is 5. The molecule has 2 aromatic carbocycles. The number of alkyl halides is 4. The molecule has 9 heteroatoms. The van der Waals surface area contributed by atoms with Crippen molar-refractivity contribution < 1.29 is 27.0 Å². The maximum Gasteiger partial charge on any atom is 0.401 e. The zero-order valence-corrected chi connectivity index (χ0v) is 20.4. The van der Waals surface area contributed by atoms with E-state index in [4.69, 9.17) is 9.47 Å². The van der Waals surface area contributed by atoms with E-state index >= 15 is 0 Å². The van der Waals surface area contributed by atoms with E-state index in [1.165, 1.54) is 4.90 Å². The van der Waals surface area contributed by atoms with E-state index in [9.17, 15) is 17.6 Å². The number of fused-ring (bicyclic) bond motifs is 1. The summed E-state index contributed by atoms with van der Waals surface area (Å²) in [5, 5.41) is 0. The Labute approximate surface area is 209 Å². The van der Waals surface area contributed by atoms with Gasteiger partial charge in [-0.2, -0.15) is 13.2 Å². The van der Waals surface area contributed by atoms with Crippen LogP contribution >= 0.6 is 0 Å². The molecule has 0 spiro atoms. The first-order valence-electron chi connectivity index (χ1n) is 12.7. The van der Waals surface area contributed by atoms with Gasteiger partial charge in [0, 0.05) is 50.9 Å². The Morgan fingerprint density at radius 2 is 1.72 bits per heavy atom. The van der Waals surface area contributed by atoms with Crippen molar-refractivity contribution in [3.05, 3.63) is 59.2 Å². The Morgan fingerprint density at radius 3 is 2.42 bits per heavy atom. The standard InChI is InChI=1S/C27H33F4N3O2/c28-16-20-17-32(18-20)9-14-36-24-4-1-21(2-5-24)26-25-6-3-23(33-10-12-35-13-11-33)15-22(25)7-8-34(26)19-27(29,30)31/h1-6,15,20,26H,7-14,16-19H2/t26-/m0/s1. The highest BCUT2D eigenvalue weighted by molar-refractivity contribution is 5.54. The smallest absolute Gasteiger partial charge is 0.401 e. The SMILES string of the molecule is FCC1CN(CCOc2ccc([C@H]3c4ccc(N5CCOCC5)cc4CCN3CC(F)(F)F)cc2)C1. The number of ether oxygens (including phenoxy) is 2. The Kier molecular flexibility index (Phi) is 7.69. The van der Waals surface area contributed by atoms with Gasteiger partial charge in [0.15, 0.2) is 0 Å². The number of hydrogen-bond donors (Lipinski definition) is 0. The molecular formula is C27H33F4N3O2. The van der Waals surface area contributed by atoms with Crippen LogP contribution in [0.1, 0.15) is 22.7 Å². The van der Waals surface area contributed by atoms with Crippen LogP contribution in [0.3, 0.4) is 0 Å². The fourth-order valence-corrected chi connectivity index (χ4v) is 5.47. The van der Waals surface area contributed by atoms with Gasteiger partial charge in [0.05, 0.1) is 32.5 Å². The number of likely N-dealkylation sites (tertiary alicyclic amines) is 1. The van der Waals surface area contributed by atoms with Gasteiger partial charge in [-0.25, -0.2) is 0 Å². The van der Waals surface area contributed by atoms with Gasteiger partial charge < -0.3 is 14.4 Å². The Hall–Kier alpha value is -2.36. The number of nitrogens with zero attached hydrogens (tertiary/aromatic N) is 3. The van der Waals surface area contributed by atoms with E-state index in [1.807, 2.05) is 36.4 Å². The molecule has 5 rings (SSSR count). The third-order valence-corrected chi connectivity index (χ3v) is 7.34. The highest BCUT2D eigenvalue weighted by Crippen LogP contribution is 2.39. The molecular weight excluding hydrogens is 474 g/mol. The lowest BCUT2D eigenvalue weighted by molar-refractivity contribution is -0.150. The summed E-state index contributed by atoms with van der Waals surface area (Å²) in [5.41, 5.74) is 3.95. The van der Waals surface area contributed by atoms with Crippen LogP contribution in [0.4, 0.5) is 23.2 Å². The Balaban J connectivity index is 1.31. The highest BCUT2D eigenvalue weighted by Gasteiger charge is 2.37. The normalized spacial score (nSPS) is 21.8. The minimum absolute atomic E-state index is 0.146. The Bertz CT molecular complexity index is 1010. The largest absolute Gasteiger partial charge is 0.492 e. The summed E-state index contributed by atoms with van der Waals surface area (Å²) in [6, 6.07) is 13.1. The van der Waals surface area contributed by atoms with Crippen molar-refractivity contribution in [2.75, 3.05) is 77.2 Å². The zero-order chi connectivity index (χ0) is 25.1. The molecule has 0 unspecified atom stereocenters. The van der Waals surface area contributed by atoms with Gasteiger partial charge in [0.2, 0.25) is 0 Å². The van der Waals surface area contributed by atoms with Crippen molar-refractivity contribution in [1.82, 2.24) is 9.80 Å². The van der Waals surface area contributed by atoms with Gasteiger partial charge in [0.1, 0.15) is 12.4 Å². The van der Waals surface area contributed by atoms with Crippen LogP contribution in [0.15, 0.2) is 42.5 Å². The second kappa shape index (κ2) is 10.9. The summed E-state index contributed by atoms with van der Waals surface area (Å²) in [4.78, 5) is 5.94. The molecule has 2 saturated heterocycles. The van der Waals surface area contributed by atoms with Gasteiger partial charge in [-0.15, -0.1) is 0 Å². The fraction of sp³-hybridized carbons (Fsp3) is 0.556. The predicted molar refractivity (Wildman–Crippen MR) is 130 cm³/mol. The summed E-state index contributed by atoms with van der Waals surface area (Å²) in [7, 11) is 0. The van der Waals surface area contributed by atoms with Crippen LogP contribution in [0, 0.1) is 5.92 Å². The van der Waals surface area contributed by atoms with Crippen molar-refractivity contribution in [3.8, 4) is 5.75 Å². The van der Waals surface area contributed by atoms with Crippen molar-refractivity contribution in [3.63, 3.8) is 0 Å². The number of morpholine rings is 1. The quantitative estimate of drug-likeness (QED) is 0.497. The van der Waals surface area contributed by atoms with Gasteiger partial charge in [-0.3, -0.25) is 14.2 Å². The van der Waals surface area contributed by atoms with E-state index in [-0.39, 0.29) is 12.6 Å². The maximum absolute atomic E-state index is 13.5. The minimum Gasteiger partial charge on any atom is -0.492 e. The summed E-state index contributed by atoms with van der Waals surface area (Å²) >= 11 is 0. The molecule has 0 amide bonds. The monoisotopic (exact) mass is 507 g/mol. The van der Waals surface area contributed by atoms with E-state index < -0.39 is 18.8 Å². The molecule has 3 heterocycles. The summed E-state index contributed by atoms with van der Waals surface area (Å²) < 4.78 is 64.2. The molecule has 0 aliphatic carbocycles. The van der Waals surface area contributed by atoms with Gasteiger partial charge in [-0.05, 0) is 47.4 Å². The molecule has 3 aliphatic rings. The van der Waals surface area contributed by atoms with Crippen molar-refractivity contribution >= 4 is 5.69 Å². The van der Waals surface area contributed by atoms with Gasteiger partial charge in [0.25, 0.3) is 0 Å². The highest BCUT2D eigenvalue weighted by atomic mass is 19.4. The summed E-state index contributed by atoms with van der Waals surface area (Å²) in [6.07, 6.45) is -3.69. The molecule has 0 saturated carbocycles. The first-order valence-corrected chi connectivity index (χ1v) is 12.7. The lowest BCUT2D eigenvalue weighted by atomic mass is 9.87. The molecule has 196 valence electrons. The summed E-state index contributed by atoms with van der Waals surface area (Å²) in [5.74, 6) is 0.828. The van der Waals surface area contributed by atoms with Crippen LogP contribution in [0.2, 0.25) is 0 Å². The van der Waals surface area contributed by atoms with Crippen LogP contribution < -0.4 is 9.64 Å². The molecule has 0 aromatic heterocycles. The molecule has 2 fully saturated rings. The molecule has 2 aromatic rings. The van der Waals surface area contributed by atoms with Gasteiger partial charge in [-0.1, -0.05) is 18.2 Å². The molecule has 0 bridgehead atoms. The third kappa shape index (κ3) is 5.95. The predicted octanol–water partition coefficient (Wildman–Crippen LogP) is 4.31. The second-order valence-electron chi connectivity index (χ2n) is 9.92. The van der Waals surface area contributed by atoms with Crippen molar-refractivity contribution in [2.24, 2.45) is 5.92 Å². The lowest BCUT2D eigenvalue weighted by Gasteiger charge is -2.39. The van der Waals surface area contributed by atoms with Gasteiger partial charge >= 0.3 is 6.18 Å². The maximum atomic E-state index is 13.5. The lowest BCUT2D eigenvalue weighted by Crippen LogP contribution is -2.49. The van der Waals surface area contributed by atoms with Crippen LogP contribution in [-0.4, -0.2) is 88.3 Å². The minimum atomic E-state index is -4.27.